The third kappa shape index (κ3) is 3.29. The SMILES string of the molecule is CCC1(CC)CC(NC(=O)c2ccccc2I)c2ccccc2O1. The van der Waals surface area contributed by atoms with E-state index in [1.807, 2.05) is 48.5 Å². The smallest absolute Gasteiger partial charge is 0.252 e. The van der Waals surface area contributed by atoms with Gasteiger partial charge in [-0.15, -0.1) is 0 Å². The summed E-state index contributed by atoms with van der Waals surface area (Å²) in [6, 6.07) is 15.7. The Kier molecular flexibility index (Phi) is 5.13. The molecule has 0 radical (unpaired) electrons. The summed E-state index contributed by atoms with van der Waals surface area (Å²) in [6.45, 7) is 4.30. The molecule has 1 N–H and O–H groups in total. The number of ether oxygens (including phenoxy) is 1. The zero-order valence-electron chi connectivity index (χ0n) is 14.0. The van der Waals surface area contributed by atoms with E-state index in [4.69, 9.17) is 4.74 Å². The van der Waals surface area contributed by atoms with Gasteiger partial charge in [0.15, 0.2) is 0 Å². The van der Waals surface area contributed by atoms with Crippen LogP contribution in [0.3, 0.4) is 0 Å². The maximum absolute atomic E-state index is 12.8. The van der Waals surface area contributed by atoms with Crippen molar-refractivity contribution >= 4 is 28.5 Å². The first-order valence-electron chi connectivity index (χ1n) is 8.42. The average molecular weight is 435 g/mol. The van der Waals surface area contributed by atoms with Gasteiger partial charge in [0.2, 0.25) is 0 Å². The van der Waals surface area contributed by atoms with Gasteiger partial charge in [0.05, 0.1) is 11.6 Å². The van der Waals surface area contributed by atoms with Gasteiger partial charge in [-0.05, 0) is 53.6 Å². The van der Waals surface area contributed by atoms with Crippen molar-refractivity contribution in [2.24, 2.45) is 0 Å². The number of fused-ring (bicyclic) bond motifs is 1. The molecule has 1 heterocycles. The second kappa shape index (κ2) is 7.13. The van der Waals surface area contributed by atoms with Gasteiger partial charge >= 0.3 is 0 Å². The Hall–Kier alpha value is -1.56. The molecule has 3 rings (SSSR count). The van der Waals surface area contributed by atoms with Gasteiger partial charge in [-0.2, -0.15) is 0 Å². The van der Waals surface area contributed by atoms with E-state index in [9.17, 15) is 4.79 Å². The Balaban J connectivity index is 1.91. The summed E-state index contributed by atoms with van der Waals surface area (Å²) >= 11 is 2.21. The maximum Gasteiger partial charge on any atom is 0.252 e. The molecule has 0 saturated carbocycles. The number of carbonyl (C=O) groups is 1. The Morgan fingerprint density at radius 2 is 1.83 bits per heavy atom. The van der Waals surface area contributed by atoms with Crippen molar-refractivity contribution in [2.45, 2.75) is 44.8 Å². The molecule has 1 atom stereocenters. The van der Waals surface area contributed by atoms with Gasteiger partial charge < -0.3 is 10.1 Å². The van der Waals surface area contributed by atoms with Crippen LogP contribution in [0.25, 0.3) is 0 Å². The number of nitrogens with one attached hydrogen (secondary N) is 1. The standard InChI is InChI=1S/C20H22INO2/c1-3-20(4-2)13-17(15-10-6-8-12-18(15)24-20)22-19(23)14-9-5-7-11-16(14)21/h5-12,17H,3-4,13H2,1-2H3,(H,22,23). The van der Waals surface area contributed by atoms with Gasteiger partial charge in [0.1, 0.15) is 11.4 Å². The number of halogens is 1. The molecule has 0 aromatic heterocycles. The quantitative estimate of drug-likeness (QED) is 0.679. The highest BCUT2D eigenvalue weighted by atomic mass is 127. The molecular formula is C20H22INO2. The molecule has 1 aliphatic heterocycles. The van der Waals surface area contributed by atoms with Crippen molar-refractivity contribution < 1.29 is 9.53 Å². The second-order valence-electron chi connectivity index (χ2n) is 6.24. The van der Waals surface area contributed by atoms with Crippen LogP contribution in [0, 0.1) is 3.57 Å². The molecule has 2 aromatic rings. The predicted molar refractivity (Wildman–Crippen MR) is 104 cm³/mol. The molecular weight excluding hydrogens is 413 g/mol. The van der Waals surface area contributed by atoms with E-state index in [1.165, 1.54) is 0 Å². The van der Waals surface area contributed by atoms with E-state index in [1.54, 1.807) is 0 Å². The zero-order chi connectivity index (χ0) is 17.2. The molecule has 0 fully saturated rings. The second-order valence-corrected chi connectivity index (χ2v) is 7.40. The number of para-hydroxylation sites is 1. The Labute approximate surface area is 156 Å². The Morgan fingerprint density at radius 1 is 1.17 bits per heavy atom. The number of amides is 1. The van der Waals surface area contributed by atoms with Crippen LogP contribution in [-0.2, 0) is 0 Å². The lowest BCUT2D eigenvalue weighted by Crippen LogP contribution is -2.44. The summed E-state index contributed by atoms with van der Waals surface area (Å²) in [5.74, 6) is 0.864. The van der Waals surface area contributed by atoms with Crippen LogP contribution in [0.2, 0.25) is 0 Å². The van der Waals surface area contributed by atoms with Gasteiger partial charge in [-0.25, -0.2) is 0 Å². The third-order valence-electron chi connectivity index (χ3n) is 4.91. The van der Waals surface area contributed by atoms with Crippen LogP contribution >= 0.6 is 22.6 Å². The average Bonchev–Trinajstić information content (AvgIpc) is 2.61. The molecule has 0 bridgehead atoms. The van der Waals surface area contributed by atoms with E-state index in [0.717, 1.165) is 39.7 Å². The minimum Gasteiger partial charge on any atom is -0.487 e. The monoisotopic (exact) mass is 435 g/mol. The first-order valence-corrected chi connectivity index (χ1v) is 9.50. The van der Waals surface area contributed by atoms with Crippen molar-refractivity contribution in [3.63, 3.8) is 0 Å². The van der Waals surface area contributed by atoms with Crippen LogP contribution < -0.4 is 10.1 Å². The molecule has 1 amide bonds. The summed E-state index contributed by atoms with van der Waals surface area (Å²) in [4.78, 5) is 12.8. The Morgan fingerprint density at radius 3 is 2.54 bits per heavy atom. The number of hydrogen-bond acceptors (Lipinski definition) is 2. The molecule has 1 unspecified atom stereocenters. The van der Waals surface area contributed by atoms with Gasteiger partial charge in [-0.3, -0.25) is 4.79 Å². The summed E-state index contributed by atoms with van der Waals surface area (Å²) in [7, 11) is 0. The molecule has 4 heteroatoms. The van der Waals surface area contributed by atoms with Gasteiger partial charge in [0, 0.05) is 15.6 Å². The number of hydrogen-bond donors (Lipinski definition) is 1. The number of benzene rings is 2. The Bertz CT molecular complexity index is 740. The van der Waals surface area contributed by atoms with Crippen LogP contribution in [0.5, 0.6) is 5.75 Å². The van der Waals surface area contributed by atoms with E-state index in [-0.39, 0.29) is 17.6 Å². The summed E-state index contributed by atoms with van der Waals surface area (Å²) < 4.78 is 7.27. The fourth-order valence-corrected chi connectivity index (χ4v) is 3.94. The van der Waals surface area contributed by atoms with Crippen LogP contribution in [0.15, 0.2) is 48.5 Å². The van der Waals surface area contributed by atoms with E-state index in [0.29, 0.717) is 0 Å². The summed E-state index contributed by atoms with van der Waals surface area (Å²) in [5, 5.41) is 3.23. The highest BCUT2D eigenvalue weighted by Gasteiger charge is 2.39. The first kappa shape index (κ1) is 17.3. The molecule has 3 nitrogen and oxygen atoms in total. The number of rotatable bonds is 4. The molecule has 0 aliphatic carbocycles. The largest absolute Gasteiger partial charge is 0.487 e. The van der Waals surface area contributed by atoms with E-state index < -0.39 is 0 Å². The topological polar surface area (TPSA) is 38.3 Å². The minimum atomic E-state index is -0.212. The normalized spacial score (nSPS) is 18.4. The highest BCUT2D eigenvalue weighted by molar-refractivity contribution is 14.1. The lowest BCUT2D eigenvalue weighted by atomic mass is 9.83. The van der Waals surface area contributed by atoms with Gasteiger partial charge in [0.25, 0.3) is 5.91 Å². The fraction of sp³-hybridized carbons (Fsp3) is 0.350. The van der Waals surface area contributed by atoms with Gasteiger partial charge in [-0.1, -0.05) is 44.2 Å². The molecule has 126 valence electrons. The van der Waals surface area contributed by atoms with Crippen molar-refractivity contribution in [1.82, 2.24) is 5.32 Å². The first-order chi connectivity index (χ1) is 11.6. The van der Waals surface area contributed by atoms with Crippen molar-refractivity contribution in [3.05, 3.63) is 63.2 Å². The van der Waals surface area contributed by atoms with Crippen molar-refractivity contribution in [2.75, 3.05) is 0 Å². The summed E-state index contributed by atoms with van der Waals surface area (Å²) in [5.41, 5.74) is 1.57. The highest BCUT2D eigenvalue weighted by Crippen LogP contribution is 2.42. The molecule has 24 heavy (non-hydrogen) atoms. The van der Waals surface area contributed by atoms with E-state index in [2.05, 4.69) is 41.8 Å². The lowest BCUT2D eigenvalue weighted by molar-refractivity contribution is 0.0227. The third-order valence-corrected chi connectivity index (χ3v) is 5.85. The van der Waals surface area contributed by atoms with E-state index >= 15 is 0 Å². The van der Waals surface area contributed by atoms with Crippen LogP contribution in [0.1, 0.15) is 55.1 Å². The molecule has 2 aromatic carbocycles. The summed E-state index contributed by atoms with van der Waals surface area (Å²) in [6.07, 6.45) is 2.65. The predicted octanol–water partition coefficient (Wildman–Crippen LogP) is 5.10. The molecule has 0 spiro atoms. The lowest BCUT2D eigenvalue weighted by Gasteiger charge is -2.41. The molecule has 0 saturated heterocycles. The zero-order valence-corrected chi connectivity index (χ0v) is 16.2. The van der Waals surface area contributed by atoms with Crippen LogP contribution in [0.4, 0.5) is 0 Å². The minimum absolute atomic E-state index is 0.0252. The fourth-order valence-electron chi connectivity index (χ4n) is 3.31. The van der Waals surface area contributed by atoms with Crippen molar-refractivity contribution in [1.29, 1.82) is 0 Å². The van der Waals surface area contributed by atoms with Crippen molar-refractivity contribution in [3.8, 4) is 5.75 Å². The van der Waals surface area contributed by atoms with Crippen LogP contribution in [-0.4, -0.2) is 11.5 Å². The molecule has 1 aliphatic rings. The number of carbonyl (C=O) groups excluding carboxylic acids is 1. The maximum atomic E-state index is 12.8.